The molecule has 2 heterocycles. The van der Waals surface area contributed by atoms with Gasteiger partial charge in [-0.05, 0) is 44.4 Å². The third kappa shape index (κ3) is 3.14. The number of aromatic nitrogens is 2. The number of rotatable bonds is 2. The SMILES string of the molecule is CC.COC(=O)c1ccc2c(c1)c(C)nn2C1CCCCO1. The van der Waals surface area contributed by atoms with Gasteiger partial charge in [0.05, 0.1) is 23.9 Å². The molecule has 1 saturated heterocycles. The quantitative estimate of drug-likeness (QED) is 0.791. The Morgan fingerprint density at radius 2 is 2.14 bits per heavy atom. The molecule has 120 valence electrons. The first-order chi connectivity index (χ1) is 10.7. The van der Waals surface area contributed by atoms with Crippen molar-refractivity contribution < 1.29 is 14.3 Å². The van der Waals surface area contributed by atoms with Gasteiger partial charge in [0.2, 0.25) is 0 Å². The Kier molecular flexibility index (Phi) is 5.55. The van der Waals surface area contributed by atoms with Gasteiger partial charge in [0, 0.05) is 12.0 Å². The Morgan fingerprint density at radius 1 is 1.36 bits per heavy atom. The van der Waals surface area contributed by atoms with E-state index in [-0.39, 0.29) is 12.2 Å². The van der Waals surface area contributed by atoms with Crippen LogP contribution in [-0.4, -0.2) is 29.5 Å². The van der Waals surface area contributed by atoms with E-state index in [1.54, 1.807) is 6.07 Å². The molecule has 2 aromatic rings. The topological polar surface area (TPSA) is 53.3 Å². The van der Waals surface area contributed by atoms with Gasteiger partial charge in [0.25, 0.3) is 0 Å². The number of fused-ring (bicyclic) bond motifs is 1. The summed E-state index contributed by atoms with van der Waals surface area (Å²) in [6.07, 6.45) is 3.26. The summed E-state index contributed by atoms with van der Waals surface area (Å²) in [4.78, 5) is 11.6. The van der Waals surface area contributed by atoms with Crippen LogP contribution < -0.4 is 0 Å². The largest absolute Gasteiger partial charge is 0.465 e. The van der Waals surface area contributed by atoms with E-state index in [9.17, 15) is 4.79 Å². The molecule has 3 rings (SSSR count). The Balaban J connectivity index is 0.000000847. The van der Waals surface area contributed by atoms with E-state index < -0.39 is 0 Å². The van der Waals surface area contributed by atoms with Crippen molar-refractivity contribution in [2.75, 3.05) is 13.7 Å². The molecule has 0 spiro atoms. The lowest BCUT2D eigenvalue weighted by molar-refractivity contribution is -0.0368. The Hall–Kier alpha value is -1.88. The van der Waals surface area contributed by atoms with Gasteiger partial charge < -0.3 is 9.47 Å². The highest BCUT2D eigenvalue weighted by Crippen LogP contribution is 2.28. The van der Waals surface area contributed by atoms with Crippen molar-refractivity contribution >= 4 is 16.9 Å². The molecule has 0 N–H and O–H groups in total. The third-order valence-corrected chi connectivity index (χ3v) is 3.74. The van der Waals surface area contributed by atoms with E-state index in [0.29, 0.717) is 5.56 Å². The van der Waals surface area contributed by atoms with Gasteiger partial charge >= 0.3 is 5.97 Å². The normalized spacial score (nSPS) is 17.7. The lowest BCUT2D eigenvalue weighted by atomic mass is 10.1. The van der Waals surface area contributed by atoms with Crippen LogP contribution in [0.2, 0.25) is 0 Å². The number of hydrogen-bond acceptors (Lipinski definition) is 4. The molecule has 5 nitrogen and oxygen atoms in total. The summed E-state index contributed by atoms with van der Waals surface area (Å²) in [5, 5.41) is 5.55. The maximum Gasteiger partial charge on any atom is 0.337 e. The molecule has 1 aromatic carbocycles. The van der Waals surface area contributed by atoms with Gasteiger partial charge in [-0.25, -0.2) is 9.48 Å². The van der Waals surface area contributed by atoms with Crippen LogP contribution >= 0.6 is 0 Å². The van der Waals surface area contributed by atoms with E-state index in [1.165, 1.54) is 7.11 Å². The van der Waals surface area contributed by atoms with Crippen molar-refractivity contribution in [3.63, 3.8) is 0 Å². The standard InChI is InChI=1S/C15H18N2O3.C2H6/c1-10-12-9-11(15(18)19-2)6-7-13(12)17(16-10)14-5-3-4-8-20-14;1-2/h6-7,9,14H,3-5,8H2,1-2H3;1-2H3. The molecule has 22 heavy (non-hydrogen) atoms. The molecule has 1 unspecified atom stereocenters. The first kappa shape index (κ1) is 16.5. The number of methoxy groups -OCH3 is 1. The van der Waals surface area contributed by atoms with E-state index in [2.05, 4.69) is 5.10 Å². The lowest BCUT2D eigenvalue weighted by Crippen LogP contribution is -2.19. The number of carbonyl (C=O) groups excluding carboxylic acids is 1. The van der Waals surface area contributed by atoms with Crippen LogP contribution in [0.3, 0.4) is 0 Å². The van der Waals surface area contributed by atoms with Crippen molar-refractivity contribution in [1.29, 1.82) is 0 Å². The van der Waals surface area contributed by atoms with Crippen molar-refractivity contribution in [3.05, 3.63) is 29.5 Å². The van der Waals surface area contributed by atoms with Gasteiger partial charge in [-0.1, -0.05) is 13.8 Å². The summed E-state index contributed by atoms with van der Waals surface area (Å²) in [7, 11) is 1.39. The zero-order chi connectivity index (χ0) is 16.1. The fourth-order valence-electron chi connectivity index (χ4n) is 2.68. The average Bonchev–Trinajstić information content (AvgIpc) is 2.93. The molecular weight excluding hydrogens is 280 g/mol. The summed E-state index contributed by atoms with van der Waals surface area (Å²) in [6.45, 7) is 6.73. The molecule has 0 amide bonds. The number of benzene rings is 1. The number of carbonyl (C=O) groups is 1. The summed E-state index contributed by atoms with van der Waals surface area (Å²) < 4.78 is 12.5. The average molecular weight is 304 g/mol. The molecule has 1 aliphatic heterocycles. The maximum atomic E-state index is 11.6. The zero-order valence-corrected chi connectivity index (χ0v) is 13.8. The minimum atomic E-state index is -0.326. The highest BCUT2D eigenvalue weighted by atomic mass is 16.5. The van der Waals surface area contributed by atoms with Gasteiger partial charge in [-0.3, -0.25) is 0 Å². The zero-order valence-electron chi connectivity index (χ0n) is 13.8. The van der Waals surface area contributed by atoms with Crippen molar-refractivity contribution in [1.82, 2.24) is 9.78 Å². The fraction of sp³-hybridized carbons (Fsp3) is 0.529. The third-order valence-electron chi connectivity index (χ3n) is 3.74. The molecule has 0 bridgehead atoms. The van der Waals surface area contributed by atoms with Crippen LogP contribution in [0.5, 0.6) is 0 Å². The van der Waals surface area contributed by atoms with Crippen LogP contribution in [0.4, 0.5) is 0 Å². The first-order valence-corrected chi connectivity index (χ1v) is 7.89. The van der Waals surface area contributed by atoms with Crippen LogP contribution in [0.25, 0.3) is 10.9 Å². The molecule has 0 radical (unpaired) electrons. The molecule has 0 saturated carbocycles. The van der Waals surface area contributed by atoms with Crippen LogP contribution in [0.1, 0.15) is 55.4 Å². The molecule has 1 aromatic heterocycles. The fourth-order valence-corrected chi connectivity index (χ4v) is 2.68. The minimum Gasteiger partial charge on any atom is -0.465 e. The maximum absolute atomic E-state index is 11.6. The molecule has 0 aliphatic carbocycles. The summed E-state index contributed by atoms with van der Waals surface area (Å²) >= 11 is 0. The van der Waals surface area contributed by atoms with E-state index in [0.717, 1.165) is 42.5 Å². The predicted octanol–water partition coefficient (Wildman–Crippen LogP) is 3.86. The van der Waals surface area contributed by atoms with Crippen molar-refractivity contribution in [3.8, 4) is 0 Å². The summed E-state index contributed by atoms with van der Waals surface area (Å²) in [6, 6.07) is 5.52. The Labute approximate surface area is 131 Å². The second-order valence-corrected chi connectivity index (χ2v) is 5.07. The molecule has 1 aliphatic rings. The van der Waals surface area contributed by atoms with Crippen LogP contribution in [0, 0.1) is 6.92 Å². The minimum absolute atomic E-state index is 0.00364. The molecule has 1 fully saturated rings. The second kappa shape index (κ2) is 7.40. The Morgan fingerprint density at radius 3 is 2.77 bits per heavy atom. The van der Waals surface area contributed by atoms with Gasteiger partial charge in [0.1, 0.15) is 0 Å². The lowest BCUT2D eigenvalue weighted by Gasteiger charge is -2.23. The van der Waals surface area contributed by atoms with Crippen molar-refractivity contribution in [2.24, 2.45) is 0 Å². The van der Waals surface area contributed by atoms with Crippen LogP contribution in [-0.2, 0) is 9.47 Å². The van der Waals surface area contributed by atoms with E-state index in [1.807, 2.05) is 37.6 Å². The second-order valence-electron chi connectivity index (χ2n) is 5.07. The first-order valence-electron chi connectivity index (χ1n) is 7.89. The molecular formula is C17H24N2O3. The van der Waals surface area contributed by atoms with Gasteiger partial charge in [0.15, 0.2) is 6.23 Å². The highest BCUT2D eigenvalue weighted by molar-refractivity contribution is 5.95. The number of ether oxygens (including phenoxy) is 2. The number of hydrogen-bond donors (Lipinski definition) is 0. The number of esters is 1. The number of nitrogens with zero attached hydrogens (tertiary/aromatic N) is 2. The highest BCUT2D eigenvalue weighted by Gasteiger charge is 2.20. The van der Waals surface area contributed by atoms with E-state index in [4.69, 9.17) is 9.47 Å². The number of aryl methyl sites for hydroxylation is 1. The van der Waals surface area contributed by atoms with E-state index >= 15 is 0 Å². The van der Waals surface area contributed by atoms with Gasteiger partial charge in [-0.15, -0.1) is 0 Å². The molecule has 1 atom stereocenters. The predicted molar refractivity (Wildman–Crippen MR) is 86.0 cm³/mol. The summed E-state index contributed by atoms with van der Waals surface area (Å²) in [5.74, 6) is -0.326. The molecule has 5 heteroatoms. The van der Waals surface area contributed by atoms with Gasteiger partial charge in [-0.2, -0.15) is 5.10 Å². The van der Waals surface area contributed by atoms with Crippen molar-refractivity contribution in [2.45, 2.75) is 46.3 Å². The monoisotopic (exact) mass is 304 g/mol. The summed E-state index contributed by atoms with van der Waals surface area (Å²) in [5.41, 5.74) is 2.45. The Bertz CT molecular complexity index is 643. The smallest absolute Gasteiger partial charge is 0.337 e. The van der Waals surface area contributed by atoms with Crippen LogP contribution in [0.15, 0.2) is 18.2 Å².